The van der Waals surface area contributed by atoms with Crippen LogP contribution in [0.15, 0.2) is 18.5 Å². The summed E-state index contributed by atoms with van der Waals surface area (Å²) in [5.41, 5.74) is 13.1. The van der Waals surface area contributed by atoms with Crippen LogP contribution in [0.2, 0.25) is 0 Å². The van der Waals surface area contributed by atoms with Gasteiger partial charge in [-0.05, 0) is 18.9 Å². The van der Waals surface area contributed by atoms with Crippen LogP contribution in [0.3, 0.4) is 0 Å². The van der Waals surface area contributed by atoms with Gasteiger partial charge in [-0.1, -0.05) is 12.8 Å². The molecule has 17 heavy (non-hydrogen) atoms. The van der Waals surface area contributed by atoms with Crippen molar-refractivity contribution >= 4 is 11.5 Å². The van der Waals surface area contributed by atoms with E-state index in [1.54, 1.807) is 18.5 Å². The number of nitrogens with two attached hydrogens (primary N) is 2. The second-order valence-electron chi connectivity index (χ2n) is 5.04. The highest BCUT2D eigenvalue weighted by Gasteiger charge is 2.31. The van der Waals surface area contributed by atoms with Crippen molar-refractivity contribution in [1.29, 1.82) is 0 Å². The number of hydrogen-bond donors (Lipinski definition) is 2. The summed E-state index contributed by atoms with van der Waals surface area (Å²) in [6.07, 6.45) is 8.29. The van der Waals surface area contributed by atoms with Crippen molar-refractivity contribution in [3.63, 3.8) is 0 Å². The fourth-order valence-electron chi connectivity index (χ4n) is 2.51. The van der Waals surface area contributed by atoms with Gasteiger partial charge >= 0.3 is 0 Å². The summed E-state index contributed by atoms with van der Waals surface area (Å²) < 4.78 is 0. The molecule has 0 radical (unpaired) electrons. The van der Waals surface area contributed by atoms with Gasteiger partial charge in [-0.3, -0.25) is 9.78 Å². The smallest absolute Gasteiger partial charge is 0.139 e. The lowest BCUT2D eigenvalue weighted by Crippen LogP contribution is -2.39. The predicted octanol–water partition coefficient (Wildman–Crippen LogP) is 1.44. The van der Waals surface area contributed by atoms with Gasteiger partial charge in [0.15, 0.2) is 0 Å². The first-order valence-electron chi connectivity index (χ1n) is 6.08. The monoisotopic (exact) mass is 233 g/mol. The number of nitrogens with zero attached hydrogens (tertiary/aromatic N) is 1. The zero-order valence-corrected chi connectivity index (χ0v) is 9.98. The average Bonchev–Trinajstić information content (AvgIpc) is 2.68. The molecule has 1 fully saturated rings. The molecule has 92 valence electrons. The Morgan fingerprint density at radius 2 is 2.12 bits per heavy atom. The molecule has 0 unspecified atom stereocenters. The first-order chi connectivity index (χ1) is 8.09. The third kappa shape index (κ3) is 3.03. The van der Waals surface area contributed by atoms with Crippen molar-refractivity contribution in [2.45, 2.75) is 44.1 Å². The molecule has 0 saturated heterocycles. The number of ketones is 1. The van der Waals surface area contributed by atoms with E-state index < -0.39 is 0 Å². The van der Waals surface area contributed by atoms with Crippen molar-refractivity contribution in [3.8, 4) is 0 Å². The molecule has 1 saturated carbocycles. The van der Waals surface area contributed by atoms with Gasteiger partial charge in [-0.25, -0.2) is 0 Å². The lowest BCUT2D eigenvalue weighted by molar-refractivity contribution is -0.119. The van der Waals surface area contributed by atoms with Gasteiger partial charge < -0.3 is 11.5 Å². The molecular formula is C13H19N3O. The number of nitrogen functional groups attached to an aromatic ring is 1. The molecule has 0 bridgehead atoms. The van der Waals surface area contributed by atoms with Crippen molar-refractivity contribution < 1.29 is 4.79 Å². The van der Waals surface area contributed by atoms with Crippen LogP contribution in [0.4, 0.5) is 5.69 Å². The van der Waals surface area contributed by atoms with E-state index in [0.717, 1.165) is 31.2 Å². The molecule has 1 aromatic heterocycles. The Labute approximate surface area is 101 Å². The van der Waals surface area contributed by atoms with Crippen molar-refractivity contribution in [2.24, 2.45) is 5.73 Å². The molecule has 1 aliphatic rings. The van der Waals surface area contributed by atoms with Crippen LogP contribution in [0.25, 0.3) is 0 Å². The van der Waals surface area contributed by atoms with Crippen LogP contribution >= 0.6 is 0 Å². The molecule has 1 aromatic rings. The molecule has 4 heteroatoms. The van der Waals surface area contributed by atoms with Gasteiger partial charge in [0.25, 0.3) is 0 Å². The van der Waals surface area contributed by atoms with E-state index in [9.17, 15) is 4.79 Å². The maximum Gasteiger partial charge on any atom is 0.139 e. The summed E-state index contributed by atoms with van der Waals surface area (Å²) in [5.74, 6) is 0.161. The highest BCUT2D eigenvalue weighted by atomic mass is 16.1. The van der Waals surface area contributed by atoms with Crippen LogP contribution in [0.1, 0.15) is 37.7 Å². The van der Waals surface area contributed by atoms with Gasteiger partial charge in [-0.2, -0.15) is 0 Å². The van der Waals surface area contributed by atoms with E-state index in [2.05, 4.69) is 4.98 Å². The number of rotatable bonds is 4. The van der Waals surface area contributed by atoms with Crippen molar-refractivity contribution in [2.75, 3.05) is 5.73 Å². The van der Waals surface area contributed by atoms with E-state index in [1.165, 1.54) is 0 Å². The quantitative estimate of drug-likeness (QED) is 0.824. The Morgan fingerprint density at radius 3 is 2.76 bits per heavy atom. The van der Waals surface area contributed by atoms with Crippen molar-refractivity contribution in [3.05, 3.63) is 24.0 Å². The first kappa shape index (κ1) is 12.0. The predicted molar refractivity (Wildman–Crippen MR) is 67.4 cm³/mol. The Hall–Kier alpha value is -1.42. The number of pyridine rings is 1. The third-order valence-corrected chi connectivity index (χ3v) is 3.48. The Bertz CT molecular complexity index is 411. The highest BCUT2D eigenvalue weighted by Crippen LogP contribution is 2.30. The minimum atomic E-state index is -0.270. The lowest BCUT2D eigenvalue weighted by Gasteiger charge is -2.22. The summed E-state index contributed by atoms with van der Waals surface area (Å²) in [6.45, 7) is 0. The number of carbonyl (C=O) groups excluding carboxylic acids is 1. The second-order valence-corrected chi connectivity index (χ2v) is 5.04. The summed E-state index contributed by atoms with van der Waals surface area (Å²) in [5, 5.41) is 0. The first-order valence-corrected chi connectivity index (χ1v) is 6.08. The highest BCUT2D eigenvalue weighted by molar-refractivity contribution is 5.83. The number of carbonyl (C=O) groups is 1. The van der Waals surface area contributed by atoms with E-state index >= 15 is 0 Å². The minimum absolute atomic E-state index is 0.161. The molecule has 4 nitrogen and oxygen atoms in total. The van der Waals surface area contributed by atoms with Gasteiger partial charge in [-0.15, -0.1) is 0 Å². The van der Waals surface area contributed by atoms with E-state index in [0.29, 0.717) is 18.5 Å². The maximum absolute atomic E-state index is 12.0. The average molecular weight is 233 g/mol. The molecule has 1 heterocycles. The summed E-state index contributed by atoms with van der Waals surface area (Å²) in [6, 6.07) is 1.72. The fourth-order valence-corrected chi connectivity index (χ4v) is 2.51. The van der Waals surface area contributed by atoms with Crippen LogP contribution in [0, 0.1) is 0 Å². The van der Waals surface area contributed by atoms with Gasteiger partial charge in [0, 0.05) is 42.0 Å². The number of aromatic nitrogens is 1. The number of Topliss-reactive ketones (excluding diaryl/α,β-unsaturated/α-hetero) is 1. The minimum Gasteiger partial charge on any atom is -0.398 e. The van der Waals surface area contributed by atoms with Gasteiger partial charge in [0.05, 0.1) is 0 Å². The lowest BCUT2D eigenvalue weighted by atomic mass is 9.90. The molecule has 1 aliphatic carbocycles. The second kappa shape index (κ2) is 4.84. The van der Waals surface area contributed by atoms with Crippen LogP contribution < -0.4 is 11.5 Å². The zero-order valence-electron chi connectivity index (χ0n) is 9.98. The van der Waals surface area contributed by atoms with Crippen LogP contribution in [-0.2, 0) is 11.2 Å². The Kier molecular flexibility index (Phi) is 3.43. The standard InChI is InChI=1S/C13H19N3O/c14-12-3-6-16-9-10(12)7-11(17)8-13(15)4-1-2-5-13/h3,6,9H,1-2,4-5,7-8,15H2,(H2,14,16). The molecule has 0 atom stereocenters. The topological polar surface area (TPSA) is 82.0 Å². The largest absolute Gasteiger partial charge is 0.398 e. The number of anilines is 1. The molecule has 0 amide bonds. The molecule has 0 aromatic carbocycles. The summed E-state index contributed by atoms with van der Waals surface area (Å²) in [7, 11) is 0. The van der Waals surface area contributed by atoms with E-state index in [-0.39, 0.29) is 11.3 Å². The number of hydrogen-bond acceptors (Lipinski definition) is 4. The Morgan fingerprint density at radius 1 is 1.41 bits per heavy atom. The SMILES string of the molecule is Nc1ccncc1CC(=O)CC1(N)CCCC1. The van der Waals surface area contributed by atoms with E-state index in [1.807, 2.05) is 0 Å². The zero-order chi connectivity index (χ0) is 12.3. The van der Waals surface area contributed by atoms with Crippen LogP contribution in [-0.4, -0.2) is 16.3 Å². The van der Waals surface area contributed by atoms with Gasteiger partial charge in [0.1, 0.15) is 5.78 Å². The summed E-state index contributed by atoms with van der Waals surface area (Å²) >= 11 is 0. The molecular weight excluding hydrogens is 214 g/mol. The van der Waals surface area contributed by atoms with Gasteiger partial charge in [0.2, 0.25) is 0 Å². The molecule has 0 aliphatic heterocycles. The summed E-state index contributed by atoms with van der Waals surface area (Å²) in [4.78, 5) is 15.9. The normalized spacial score (nSPS) is 18.2. The Balaban J connectivity index is 1.96. The fraction of sp³-hybridized carbons (Fsp3) is 0.538. The molecule has 0 spiro atoms. The van der Waals surface area contributed by atoms with Crippen LogP contribution in [0.5, 0.6) is 0 Å². The van der Waals surface area contributed by atoms with E-state index in [4.69, 9.17) is 11.5 Å². The molecule has 2 rings (SSSR count). The third-order valence-electron chi connectivity index (χ3n) is 3.48. The van der Waals surface area contributed by atoms with Crippen molar-refractivity contribution in [1.82, 2.24) is 4.98 Å². The maximum atomic E-state index is 12.0. The molecule has 4 N–H and O–H groups in total.